The van der Waals surface area contributed by atoms with E-state index in [1.807, 2.05) is 18.2 Å². The average molecular weight is 307 g/mol. The Balaban J connectivity index is 1.92. The zero-order chi connectivity index (χ0) is 16.4. The monoisotopic (exact) mass is 307 g/mol. The van der Waals surface area contributed by atoms with Gasteiger partial charge in [0.2, 0.25) is 0 Å². The van der Waals surface area contributed by atoms with Crippen LogP contribution in [-0.2, 0) is 0 Å². The summed E-state index contributed by atoms with van der Waals surface area (Å²) < 4.78 is 0. The molecule has 6 nitrogen and oxygen atoms in total. The second-order valence-corrected chi connectivity index (χ2v) is 5.11. The molecule has 1 aromatic heterocycles. The minimum absolute atomic E-state index is 0.00205. The number of nitrogens with one attached hydrogen (secondary N) is 1. The van der Waals surface area contributed by atoms with Crippen molar-refractivity contribution in [2.24, 2.45) is 0 Å². The number of benzene rings is 2. The number of nitrogens with zero attached hydrogens (tertiary/aromatic N) is 2. The smallest absolute Gasteiger partial charge is 0.272 e. The number of nitro groups is 1. The van der Waals surface area contributed by atoms with E-state index >= 15 is 0 Å². The van der Waals surface area contributed by atoms with Crippen molar-refractivity contribution in [3.8, 4) is 0 Å². The lowest BCUT2D eigenvalue weighted by Crippen LogP contribution is -2.12. The van der Waals surface area contributed by atoms with Gasteiger partial charge in [0.05, 0.1) is 4.92 Å². The highest BCUT2D eigenvalue weighted by atomic mass is 16.6. The number of hydrogen-bond donors (Lipinski definition) is 1. The van der Waals surface area contributed by atoms with Crippen molar-refractivity contribution in [1.82, 2.24) is 4.98 Å². The third kappa shape index (κ3) is 2.87. The Kier molecular flexibility index (Phi) is 3.72. The van der Waals surface area contributed by atoms with Gasteiger partial charge in [-0.2, -0.15) is 0 Å². The lowest BCUT2D eigenvalue weighted by atomic mass is 10.1. The van der Waals surface area contributed by atoms with Crippen LogP contribution >= 0.6 is 0 Å². The predicted molar refractivity (Wildman–Crippen MR) is 87.5 cm³/mol. The van der Waals surface area contributed by atoms with Crippen molar-refractivity contribution in [3.05, 3.63) is 76.1 Å². The van der Waals surface area contributed by atoms with Crippen LogP contribution in [-0.4, -0.2) is 15.8 Å². The second kappa shape index (κ2) is 5.84. The molecule has 0 saturated carbocycles. The van der Waals surface area contributed by atoms with E-state index in [1.165, 1.54) is 18.2 Å². The fourth-order valence-electron chi connectivity index (χ4n) is 2.43. The Bertz CT molecular complexity index is 917. The molecule has 0 atom stereocenters. The summed E-state index contributed by atoms with van der Waals surface area (Å²) in [5.74, 6) is -0.313. The number of carbonyl (C=O) groups is 1. The Morgan fingerprint density at radius 1 is 1.22 bits per heavy atom. The van der Waals surface area contributed by atoms with Gasteiger partial charge in [-0.15, -0.1) is 0 Å². The molecular formula is C17H13N3O3. The van der Waals surface area contributed by atoms with Crippen LogP contribution < -0.4 is 5.32 Å². The van der Waals surface area contributed by atoms with Gasteiger partial charge in [-0.05, 0) is 31.2 Å². The minimum Gasteiger partial charge on any atom is -0.321 e. The van der Waals surface area contributed by atoms with E-state index in [4.69, 9.17) is 0 Å². The molecule has 0 saturated heterocycles. The van der Waals surface area contributed by atoms with Gasteiger partial charge in [0.15, 0.2) is 0 Å². The average Bonchev–Trinajstić information content (AvgIpc) is 2.54. The predicted octanol–water partition coefficient (Wildman–Crippen LogP) is 3.70. The zero-order valence-corrected chi connectivity index (χ0v) is 12.3. The Morgan fingerprint density at radius 3 is 2.78 bits per heavy atom. The van der Waals surface area contributed by atoms with Crippen LogP contribution in [0.25, 0.3) is 10.8 Å². The van der Waals surface area contributed by atoms with E-state index in [0.29, 0.717) is 16.8 Å². The lowest BCUT2D eigenvalue weighted by Gasteiger charge is -2.09. The molecule has 0 radical (unpaired) electrons. The summed E-state index contributed by atoms with van der Waals surface area (Å²) in [7, 11) is 0. The van der Waals surface area contributed by atoms with Gasteiger partial charge in [0, 0.05) is 46.0 Å². The second-order valence-electron chi connectivity index (χ2n) is 5.11. The summed E-state index contributed by atoms with van der Waals surface area (Å²) in [6.07, 6.45) is 3.38. The minimum atomic E-state index is -0.464. The van der Waals surface area contributed by atoms with E-state index in [2.05, 4.69) is 10.3 Å². The third-order valence-electron chi connectivity index (χ3n) is 3.58. The quantitative estimate of drug-likeness (QED) is 0.590. The topological polar surface area (TPSA) is 85.1 Å². The fourth-order valence-corrected chi connectivity index (χ4v) is 2.43. The number of hydrogen-bond acceptors (Lipinski definition) is 4. The molecule has 3 aromatic rings. The number of aryl methyl sites for hydroxylation is 1. The highest BCUT2D eigenvalue weighted by Gasteiger charge is 2.14. The standard InChI is InChI=1S/C17H13N3O3/c1-11-9-12(5-6-16(11)20(22)23)17(21)19-15-4-2-3-13-10-18-8-7-14(13)15/h2-10H,1H3,(H,19,21). The van der Waals surface area contributed by atoms with E-state index in [-0.39, 0.29) is 11.6 Å². The first kappa shape index (κ1) is 14.6. The van der Waals surface area contributed by atoms with Gasteiger partial charge in [0.1, 0.15) is 0 Å². The summed E-state index contributed by atoms with van der Waals surface area (Å²) in [6.45, 7) is 1.61. The van der Waals surface area contributed by atoms with Crippen LogP contribution in [0.5, 0.6) is 0 Å². The Labute approximate surface area is 131 Å². The molecule has 114 valence electrons. The number of carbonyl (C=O) groups excluding carboxylic acids is 1. The van der Waals surface area contributed by atoms with E-state index < -0.39 is 4.92 Å². The molecule has 1 N–H and O–H groups in total. The number of rotatable bonds is 3. The highest BCUT2D eigenvalue weighted by Crippen LogP contribution is 2.24. The summed E-state index contributed by atoms with van der Waals surface area (Å²) in [6, 6.07) is 11.7. The molecule has 0 fully saturated rings. The molecule has 2 aromatic carbocycles. The molecule has 0 aliphatic carbocycles. The summed E-state index contributed by atoms with van der Waals surface area (Å²) in [4.78, 5) is 26.8. The van der Waals surface area contributed by atoms with Gasteiger partial charge in [-0.3, -0.25) is 19.9 Å². The number of pyridine rings is 1. The van der Waals surface area contributed by atoms with E-state index in [0.717, 1.165) is 10.8 Å². The molecular weight excluding hydrogens is 294 g/mol. The molecule has 3 rings (SSSR count). The Morgan fingerprint density at radius 2 is 2.04 bits per heavy atom. The molecule has 0 unspecified atom stereocenters. The zero-order valence-electron chi connectivity index (χ0n) is 12.3. The number of anilines is 1. The molecule has 0 bridgehead atoms. The van der Waals surface area contributed by atoms with Gasteiger partial charge < -0.3 is 5.32 Å². The van der Waals surface area contributed by atoms with Gasteiger partial charge in [-0.25, -0.2) is 0 Å². The molecule has 6 heteroatoms. The summed E-state index contributed by atoms with van der Waals surface area (Å²) >= 11 is 0. The number of nitro benzene ring substituents is 1. The molecule has 0 aliphatic heterocycles. The van der Waals surface area contributed by atoms with Crippen molar-refractivity contribution >= 4 is 28.1 Å². The number of fused-ring (bicyclic) bond motifs is 1. The number of amides is 1. The SMILES string of the molecule is Cc1cc(C(=O)Nc2cccc3cnccc23)ccc1[N+](=O)[O-]. The molecule has 0 spiro atoms. The van der Waals surface area contributed by atoms with Crippen LogP contribution in [0, 0.1) is 17.0 Å². The largest absolute Gasteiger partial charge is 0.321 e. The van der Waals surface area contributed by atoms with E-state index in [9.17, 15) is 14.9 Å². The molecule has 0 aliphatic rings. The Hall–Kier alpha value is -3.28. The van der Waals surface area contributed by atoms with Crippen LogP contribution in [0.1, 0.15) is 15.9 Å². The van der Waals surface area contributed by atoms with Crippen LogP contribution in [0.4, 0.5) is 11.4 Å². The molecule has 1 heterocycles. The first-order valence-electron chi connectivity index (χ1n) is 6.95. The maximum atomic E-state index is 12.4. The van der Waals surface area contributed by atoms with Gasteiger partial charge in [-0.1, -0.05) is 12.1 Å². The molecule has 1 amide bonds. The maximum absolute atomic E-state index is 12.4. The number of aromatic nitrogens is 1. The first-order valence-corrected chi connectivity index (χ1v) is 6.95. The van der Waals surface area contributed by atoms with Crippen molar-refractivity contribution in [3.63, 3.8) is 0 Å². The van der Waals surface area contributed by atoms with Gasteiger partial charge in [0.25, 0.3) is 11.6 Å². The molecule has 23 heavy (non-hydrogen) atoms. The normalized spacial score (nSPS) is 10.5. The first-order chi connectivity index (χ1) is 11.1. The summed E-state index contributed by atoms with van der Waals surface area (Å²) in [5.41, 5.74) is 1.49. The van der Waals surface area contributed by atoms with Crippen molar-refractivity contribution in [2.45, 2.75) is 6.92 Å². The lowest BCUT2D eigenvalue weighted by molar-refractivity contribution is -0.385. The van der Waals surface area contributed by atoms with Crippen LogP contribution in [0.3, 0.4) is 0 Å². The van der Waals surface area contributed by atoms with Crippen LogP contribution in [0.15, 0.2) is 54.9 Å². The van der Waals surface area contributed by atoms with Crippen molar-refractivity contribution in [1.29, 1.82) is 0 Å². The van der Waals surface area contributed by atoms with Crippen LogP contribution in [0.2, 0.25) is 0 Å². The van der Waals surface area contributed by atoms with E-state index in [1.54, 1.807) is 25.4 Å². The fraction of sp³-hybridized carbons (Fsp3) is 0.0588. The highest BCUT2D eigenvalue weighted by molar-refractivity contribution is 6.09. The van der Waals surface area contributed by atoms with Crippen molar-refractivity contribution in [2.75, 3.05) is 5.32 Å². The summed E-state index contributed by atoms with van der Waals surface area (Å²) in [5, 5.41) is 15.5. The van der Waals surface area contributed by atoms with Crippen molar-refractivity contribution < 1.29 is 9.72 Å². The van der Waals surface area contributed by atoms with Gasteiger partial charge >= 0.3 is 0 Å². The third-order valence-corrected chi connectivity index (χ3v) is 3.58. The maximum Gasteiger partial charge on any atom is 0.272 e.